The molecule has 0 saturated carbocycles. The molecular formula is C12H24O3Si3. The Labute approximate surface area is 115 Å². The predicted molar refractivity (Wildman–Crippen MR) is 82.8 cm³/mol. The highest BCUT2D eigenvalue weighted by atomic mass is 28.5. The minimum Gasteiger partial charge on any atom is -0.442 e. The van der Waals surface area contributed by atoms with Crippen LogP contribution in [0.2, 0.25) is 32.2 Å². The van der Waals surface area contributed by atoms with Gasteiger partial charge in [-0.1, -0.05) is 30.3 Å². The van der Waals surface area contributed by atoms with Gasteiger partial charge < -0.3 is 13.0 Å². The lowest BCUT2D eigenvalue weighted by Gasteiger charge is -2.29. The topological polar surface area (TPSA) is 38.7 Å². The molecule has 102 valence electrons. The van der Waals surface area contributed by atoms with E-state index in [0.717, 1.165) is 12.5 Å². The summed E-state index contributed by atoms with van der Waals surface area (Å²) in [5, 5.41) is 0. The highest BCUT2D eigenvalue weighted by Crippen LogP contribution is 2.13. The Hall–Kier alpha value is -0.249. The molecule has 0 bridgehead atoms. The normalized spacial score (nSPS) is 13.4. The molecule has 0 aromatic heterocycles. The number of aryl methyl sites for hydroxylation is 1. The maximum absolute atomic E-state index is 9.77. The Kier molecular flexibility index (Phi) is 5.96. The van der Waals surface area contributed by atoms with Crippen LogP contribution in [0.3, 0.4) is 0 Å². The third-order valence-electron chi connectivity index (χ3n) is 2.40. The SMILES string of the molecule is C[Si](C)(O)O[Si](C)(C)O[SiH2]CCc1ccccc1. The lowest BCUT2D eigenvalue weighted by molar-refractivity contribution is 0.333. The summed E-state index contributed by atoms with van der Waals surface area (Å²) in [5.41, 5.74) is 1.37. The van der Waals surface area contributed by atoms with E-state index in [2.05, 4.69) is 24.3 Å². The number of rotatable bonds is 7. The van der Waals surface area contributed by atoms with Crippen LogP contribution in [0.25, 0.3) is 0 Å². The Morgan fingerprint density at radius 3 is 2.28 bits per heavy atom. The molecular weight excluding hydrogens is 276 g/mol. The van der Waals surface area contributed by atoms with Gasteiger partial charge in [0.1, 0.15) is 9.76 Å². The third kappa shape index (κ3) is 7.24. The largest absolute Gasteiger partial charge is 0.442 e. The van der Waals surface area contributed by atoms with Crippen molar-refractivity contribution in [2.45, 2.75) is 38.7 Å². The van der Waals surface area contributed by atoms with Crippen LogP contribution >= 0.6 is 0 Å². The molecule has 6 heteroatoms. The minimum absolute atomic E-state index is 0.558. The van der Waals surface area contributed by atoms with Crippen molar-refractivity contribution < 1.29 is 13.0 Å². The fraction of sp³-hybridized carbons (Fsp3) is 0.500. The lowest BCUT2D eigenvalue weighted by Crippen LogP contribution is -2.47. The van der Waals surface area contributed by atoms with Gasteiger partial charge in [-0.15, -0.1) is 0 Å². The maximum atomic E-state index is 9.77. The van der Waals surface area contributed by atoms with E-state index in [1.165, 1.54) is 5.56 Å². The van der Waals surface area contributed by atoms with E-state index in [1.54, 1.807) is 13.1 Å². The van der Waals surface area contributed by atoms with Gasteiger partial charge >= 0.3 is 17.1 Å². The Morgan fingerprint density at radius 1 is 1.11 bits per heavy atom. The Balaban J connectivity index is 2.25. The van der Waals surface area contributed by atoms with Gasteiger partial charge in [0.2, 0.25) is 0 Å². The van der Waals surface area contributed by atoms with Crippen LogP contribution in [-0.2, 0) is 14.7 Å². The zero-order valence-electron chi connectivity index (χ0n) is 11.8. The first-order chi connectivity index (χ1) is 8.29. The van der Waals surface area contributed by atoms with Crippen LogP contribution in [0.1, 0.15) is 5.56 Å². The average molecular weight is 301 g/mol. The van der Waals surface area contributed by atoms with Crippen LogP contribution in [0.5, 0.6) is 0 Å². The first-order valence-electron chi connectivity index (χ1n) is 6.39. The summed E-state index contributed by atoms with van der Waals surface area (Å²) in [6.07, 6.45) is 1.08. The molecule has 0 aliphatic carbocycles. The van der Waals surface area contributed by atoms with Gasteiger partial charge in [-0.2, -0.15) is 0 Å². The molecule has 0 amide bonds. The van der Waals surface area contributed by atoms with Crippen LogP contribution < -0.4 is 0 Å². The number of hydrogen-bond acceptors (Lipinski definition) is 3. The Bertz CT molecular complexity index is 349. The highest BCUT2D eigenvalue weighted by molar-refractivity contribution is 6.80. The summed E-state index contributed by atoms with van der Waals surface area (Å²) in [5.74, 6) is 0. The first kappa shape index (κ1) is 15.8. The van der Waals surface area contributed by atoms with Crippen LogP contribution in [-0.4, -0.2) is 31.7 Å². The molecule has 1 rings (SSSR count). The van der Waals surface area contributed by atoms with Crippen molar-refractivity contribution in [1.82, 2.24) is 0 Å². The summed E-state index contributed by atoms with van der Waals surface area (Å²) >= 11 is 0. The summed E-state index contributed by atoms with van der Waals surface area (Å²) < 4.78 is 11.7. The molecule has 1 aromatic carbocycles. The van der Waals surface area contributed by atoms with Gasteiger partial charge in [0.15, 0.2) is 0 Å². The second kappa shape index (κ2) is 6.78. The molecule has 0 atom stereocenters. The minimum atomic E-state index is -2.46. The number of hydrogen-bond donors (Lipinski definition) is 1. The smallest absolute Gasteiger partial charge is 0.320 e. The van der Waals surface area contributed by atoms with Gasteiger partial charge in [-0.05, 0) is 44.2 Å². The van der Waals surface area contributed by atoms with Gasteiger partial charge in [-0.25, -0.2) is 0 Å². The van der Waals surface area contributed by atoms with Crippen molar-refractivity contribution in [1.29, 1.82) is 0 Å². The fourth-order valence-corrected chi connectivity index (χ4v) is 10.5. The predicted octanol–water partition coefficient (Wildman–Crippen LogP) is 2.16. The van der Waals surface area contributed by atoms with E-state index in [-0.39, 0.29) is 0 Å². The molecule has 3 nitrogen and oxygen atoms in total. The fourth-order valence-electron chi connectivity index (χ4n) is 1.87. The summed E-state index contributed by atoms with van der Waals surface area (Å²) in [6, 6.07) is 11.6. The molecule has 0 spiro atoms. The zero-order valence-corrected chi connectivity index (χ0v) is 15.2. The van der Waals surface area contributed by atoms with Crippen LogP contribution in [0.15, 0.2) is 30.3 Å². The summed E-state index contributed by atoms with van der Waals surface area (Å²) in [6.45, 7) is 7.62. The molecule has 0 unspecified atom stereocenters. The molecule has 0 aliphatic rings. The van der Waals surface area contributed by atoms with Crippen molar-refractivity contribution in [2.75, 3.05) is 0 Å². The average Bonchev–Trinajstić information content (AvgIpc) is 2.23. The standard InChI is InChI=1S/C12H24O3Si3/c1-17(2,13)15-18(3,4)14-16-11-10-12-8-6-5-7-9-12/h5-9,13H,10-11,16H2,1-4H3. The van der Waals surface area contributed by atoms with Gasteiger partial charge in [0.05, 0.1) is 0 Å². The van der Waals surface area contributed by atoms with E-state index in [9.17, 15) is 4.80 Å². The maximum Gasteiger partial charge on any atom is 0.320 e. The summed E-state index contributed by atoms with van der Waals surface area (Å²) in [7, 11) is -5.12. The second-order valence-electron chi connectivity index (χ2n) is 5.39. The van der Waals surface area contributed by atoms with Crippen molar-refractivity contribution in [3.05, 3.63) is 35.9 Å². The molecule has 0 aliphatic heterocycles. The van der Waals surface area contributed by atoms with Crippen LogP contribution in [0, 0.1) is 0 Å². The first-order valence-corrected chi connectivity index (χ1v) is 13.6. The highest BCUT2D eigenvalue weighted by Gasteiger charge is 2.33. The van der Waals surface area contributed by atoms with Crippen molar-refractivity contribution in [3.63, 3.8) is 0 Å². The quantitative estimate of drug-likeness (QED) is 0.619. The van der Waals surface area contributed by atoms with Crippen molar-refractivity contribution >= 4 is 26.9 Å². The molecule has 0 fully saturated rings. The second-order valence-corrected chi connectivity index (χ2v) is 14.2. The van der Waals surface area contributed by atoms with Gasteiger partial charge in [0.25, 0.3) is 0 Å². The molecule has 0 radical (unpaired) electrons. The zero-order chi connectivity index (χ0) is 13.6. The lowest BCUT2D eigenvalue weighted by atomic mass is 10.2. The van der Waals surface area contributed by atoms with E-state index in [0.29, 0.717) is 0 Å². The van der Waals surface area contributed by atoms with Crippen molar-refractivity contribution in [2.24, 2.45) is 0 Å². The molecule has 0 saturated heterocycles. The summed E-state index contributed by atoms with van der Waals surface area (Å²) in [4.78, 5) is 9.77. The van der Waals surface area contributed by atoms with E-state index < -0.39 is 26.9 Å². The number of benzene rings is 1. The Morgan fingerprint density at radius 2 is 1.72 bits per heavy atom. The molecule has 1 aromatic rings. The third-order valence-corrected chi connectivity index (χ3v) is 10.6. The molecule has 1 N–H and O–H groups in total. The van der Waals surface area contributed by atoms with E-state index in [1.807, 2.05) is 19.2 Å². The van der Waals surface area contributed by atoms with E-state index >= 15 is 0 Å². The molecule has 18 heavy (non-hydrogen) atoms. The monoisotopic (exact) mass is 300 g/mol. The van der Waals surface area contributed by atoms with Gasteiger partial charge in [0, 0.05) is 0 Å². The van der Waals surface area contributed by atoms with Gasteiger partial charge in [-0.3, -0.25) is 0 Å². The van der Waals surface area contributed by atoms with Crippen LogP contribution in [0.4, 0.5) is 0 Å². The van der Waals surface area contributed by atoms with E-state index in [4.69, 9.17) is 8.23 Å². The molecule has 0 heterocycles. The van der Waals surface area contributed by atoms with Crippen molar-refractivity contribution in [3.8, 4) is 0 Å².